The molecule has 6 aliphatic rings. The maximum absolute atomic E-state index is 14.7. The van der Waals surface area contributed by atoms with Crippen LogP contribution in [0.2, 0.25) is 0 Å². The molecule has 5 fully saturated rings. The summed E-state index contributed by atoms with van der Waals surface area (Å²) in [4.78, 5) is 27.6. The van der Waals surface area contributed by atoms with Gasteiger partial charge in [0, 0.05) is 12.3 Å². The molecular weight excluding hydrogens is 572 g/mol. The molecule has 3 N–H and O–H groups in total. The Hall–Kier alpha value is -1.32. The van der Waals surface area contributed by atoms with Crippen molar-refractivity contribution in [3.8, 4) is 0 Å². The van der Waals surface area contributed by atoms with Gasteiger partial charge < -0.3 is 29.5 Å². The van der Waals surface area contributed by atoms with Gasteiger partial charge in [0.25, 0.3) is 0 Å². The van der Waals surface area contributed by atoms with Gasteiger partial charge in [0.1, 0.15) is 12.2 Å². The fourth-order valence-electron chi connectivity index (χ4n) is 12.2. The van der Waals surface area contributed by atoms with Crippen molar-refractivity contribution in [3.63, 3.8) is 0 Å². The van der Waals surface area contributed by atoms with E-state index in [2.05, 4.69) is 54.5 Å². The molecule has 8 heteroatoms. The minimum Gasteiger partial charge on any atom is -0.469 e. The smallest absolute Gasteiger partial charge is 0.311 e. The fraction of sp³-hybridized carbons (Fsp3) is 0.892. The van der Waals surface area contributed by atoms with E-state index in [1.54, 1.807) is 0 Å². The van der Waals surface area contributed by atoms with Crippen molar-refractivity contribution >= 4 is 11.8 Å². The molecule has 45 heavy (non-hydrogen) atoms. The van der Waals surface area contributed by atoms with E-state index < -0.39 is 30.0 Å². The maximum Gasteiger partial charge on any atom is 0.311 e. The largest absolute Gasteiger partial charge is 0.469 e. The molecule has 0 bridgehead atoms. The minimum atomic E-state index is -1.13. The molecule has 254 valence electrons. The van der Waals surface area contributed by atoms with E-state index in [4.69, 9.17) is 14.2 Å². The third-order valence-electron chi connectivity index (χ3n) is 15.2. The highest BCUT2D eigenvalue weighted by Gasteiger charge is 2.70. The van der Waals surface area contributed by atoms with E-state index in [1.807, 2.05) is 0 Å². The van der Waals surface area contributed by atoms with Crippen LogP contribution in [0, 0.1) is 50.2 Å². The second kappa shape index (κ2) is 10.8. The van der Waals surface area contributed by atoms with E-state index in [1.165, 1.54) is 12.7 Å². The summed E-state index contributed by atoms with van der Waals surface area (Å²) in [5, 5.41) is 30.3. The highest BCUT2D eigenvalue weighted by molar-refractivity contribution is 5.95. The molecule has 0 radical (unpaired) electrons. The average molecular weight is 631 g/mol. The van der Waals surface area contributed by atoms with Crippen molar-refractivity contribution < 1.29 is 39.1 Å². The summed E-state index contributed by atoms with van der Waals surface area (Å²) in [5.74, 6) is 0.478. The summed E-state index contributed by atoms with van der Waals surface area (Å²) >= 11 is 0. The lowest BCUT2D eigenvalue weighted by molar-refractivity contribution is -0.296. The molecule has 5 aliphatic carbocycles. The molecule has 1 unspecified atom stereocenters. The Kier molecular flexibility index (Phi) is 8.09. The zero-order chi connectivity index (χ0) is 33.0. The van der Waals surface area contributed by atoms with Crippen molar-refractivity contribution in [1.29, 1.82) is 0 Å². The van der Waals surface area contributed by atoms with Crippen molar-refractivity contribution in [2.24, 2.45) is 50.2 Å². The molecule has 1 aliphatic heterocycles. The third-order valence-corrected chi connectivity index (χ3v) is 15.2. The number of hydrogen-bond acceptors (Lipinski definition) is 8. The minimum absolute atomic E-state index is 0.0840. The predicted molar refractivity (Wildman–Crippen MR) is 169 cm³/mol. The molecule has 0 aromatic heterocycles. The molecule has 1 heterocycles. The zero-order valence-corrected chi connectivity index (χ0v) is 28.9. The second-order valence-corrected chi connectivity index (χ2v) is 17.8. The number of allylic oxidation sites excluding steroid dienone is 2. The van der Waals surface area contributed by atoms with Crippen molar-refractivity contribution in [2.45, 2.75) is 143 Å². The van der Waals surface area contributed by atoms with Crippen LogP contribution < -0.4 is 0 Å². The zero-order valence-electron chi connectivity index (χ0n) is 28.9. The number of hydrogen-bond donors (Lipinski definition) is 3. The Labute approximate surface area is 269 Å². The van der Waals surface area contributed by atoms with Crippen LogP contribution in [0.3, 0.4) is 0 Å². The fourth-order valence-corrected chi connectivity index (χ4v) is 12.2. The SMILES string of the molecule is COC(=O)[C@@]1(C)CC[C@]2(C)CC[C@]3(C)C(=CC(=O)[C@@H]4[C@@]5(C)CC[C@H](O[C@H]6C[C@H](O)[C@@H](O)[C@H](CO)O6)C(C)(C)C5CC[C@]43C)[C@@H]2C1. The molecule has 13 atom stereocenters. The van der Waals surface area contributed by atoms with Crippen molar-refractivity contribution in [3.05, 3.63) is 11.6 Å². The van der Waals surface area contributed by atoms with Gasteiger partial charge in [-0.2, -0.15) is 0 Å². The summed E-state index contributed by atoms with van der Waals surface area (Å²) in [7, 11) is 1.49. The monoisotopic (exact) mass is 630 g/mol. The van der Waals surface area contributed by atoms with Crippen LogP contribution in [0.25, 0.3) is 0 Å². The van der Waals surface area contributed by atoms with Gasteiger partial charge in [-0.25, -0.2) is 0 Å². The first kappa shape index (κ1) is 33.6. The number of aliphatic hydroxyl groups excluding tert-OH is 3. The Morgan fingerprint density at radius 3 is 2.33 bits per heavy atom. The maximum atomic E-state index is 14.7. The molecule has 0 amide bonds. The summed E-state index contributed by atoms with van der Waals surface area (Å²) in [5.41, 5.74) is 0.0750. The number of esters is 1. The molecule has 0 aromatic carbocycles. The number of rotatable bonds is 4. The molecule has 1 saturated heterocycles. The van der Waals surface area contributed by atoms with Crippen molar-refractivity contribution in [1.82, 2.24) is 0 Å². The Balaban J connectivity index is 1.30. The second-order valence-electron chi connectivity index (χ2n) is 17.8. The molecule has 0 spiro atoms. The summed E-state index contributed by atoms with van der Waals surface area (Å²) in [6, 6.07) is 0. The molecular formula is C37H58O8. The number of carbonyl (C=O) groups excluding carboxylic acids is 2. The Morgan fingerprint density at radius 2 is 1.67 bits per heavy atom. The van der Waals surface area contributed by atoms with Gasteiger partial charge >= 0.3 is 5.97 Å². The van der Waals surface area contributed by atoms with E-state index >= 15 is 0 Å². The van der Waals surface area contributed by atoms with Gasteiger partial charge in [-0.1, -0.05) is 47.1 Å². The number of ketones is 1. The summed E-state index contributed by atoms with van der Waals surface area (Å²) < 4.78 is 17.7. The summed E-state index contributed by atoms with van der Waals surface area (Å²) in [6.07, 6.45) is 6.66. The van der Waals surface area contributed by atoms with Crippen LogP contribution in [0.4, 0.5) is 0 Å². The van der Waals surface area contributed by atoms with Crippen LogP contribution in [-0.4, -0.2) is 71.5 Å². The average Bonchev–Trinajstić information content (AvgIpc) is 2.97. The van der Waals surface area contributed by atoms with Crippen LogP contribution in [0.5, 0.6) is 0 Å². The van der Waals surface area contributed by atoms with Crippen molar-refractivity contribution in [2.75, 3.05) is 13.7 Å². The lowest BCUT2D eigenvalue weighted by Gasteiger charge is -2.70. The number of ether oxygens (including phenoxy) is 3. The van der Waals surface area contributed by atoms with Crippen LogP contribution in [-0.2, 0) is 23.8 Å². The highest BCUT2D eigenvalue weighted by atomic mass is 16.7. The first-order chi connectivity index (χ1) is 20.9. The van der Waals surface area contributed by atoms with Gasteiger partial charge in [0.2, 0.25) is 0 Å². The number of carbonyl (C=O) groups is 2. The van der Waals surface area contributed by atoms with Gasteiger partial charge in [0.05, 0.1) is 31.3 Å². The normalized spacial score (nSPS) is 52.4. The van der Waals surface area contributed by atoms with Crippen LogP contribution >= 0.6 is 0 Å². The van der Waals surface area contributed by atoms with E-state index in [0.717, 1.165) is 57.8 Å². The van der Waals surface area contributed by atoms with Crippen LogP contribution in [0.15, 0.2) is 11.6 Å². The number of methoxy groups -OCH3 is 1. The van der Waals surface area contributed by atoms with E-state index in [0.29, 0.717) is 0 Å². The first-order valence-electron chi connectivity index (χ1n) is 17.5. The van der Waals surface area contributed by atoms with Gasteiger partial charge in [-0.3, -0.25) is 9.59 Å². The Bertz CT molecular complexity index is 1240. The molecule has 8 nitrogen and oxygen atoms in total. The number of fused-ring (bicyclic) bond motifs is 7. The summed E-state index contributed by atoms with van der Waals surface area (Å²) in [6.45, 7) is 15.8. The first-order valence-corrected chi connectivity index (χ1v) is 17.5. The van der Waals surface area contributed by atoms with E-state index in [-0.39, 0.29) is 75.7 Å². The molecule has 6 rings (SSSR count). The third kappa shape index (κ3) is 4.69. The Morgan fingerprint density at radius 1 is 0.978 bits per heavy atom. The predicted octanol–water partition coefficient (Wildman–Crippen LogP) is 5.35. The topological polar surface area (TPSA) is 123 Å². The van der Waals surface area contributed by atoms with Gasteiger partial charge in [0.15, 0.2) is 12.1 Å². The molecule has 4 saturated carbocycles. The lowest BCUT2D eigenvalue weighted by atomic mass is 9.33. The lowest BCUT2D eigenvalue weighted by Crippen LogP contribution is -2.67. The van der Waals surface area contributed by atoms with Crippen LogP contribution in [0.1, 0.15) is 113 Å². The quantitative estimate of drug-likeness (QED) is 0.281. The number of aliphatic hydroxyl groups is 3. The molecule has 0 aromatic rings. The van der Waals surface area contributed by atoms with Gasteiger partial charge in [-0.15, -0.1) is 0 Å². The standard InChI is InChI=1S/C37H58O8/c1-32(2)26-9-12-37(7)30(35(26,5)11-10-27(32)45-28-18-23(39)29(41)25(20-38)44-28)24(40)17-21-22-19-34(4,31(42)43-8)14-13-33(22,3)15-16-36(21,37)6/h17,22-23,25-30,38-39,41H,9-16,18-20H2,1-8H3/t22-,23-,25-,26?,27-,28-,29+,30+,33+,34-,35-,36+,37+/m0/s1. The van der Waals surface area contributed by atoms with E-state index in [9.17, 15) is 24.9 Å². The highest BCUT2D eigenvalue weighted by Crippen LogP contribution is 2.75. The van der Waals surface area contributed by atoms with Gasteiger partial charge in [-0.05, 0) is 110 Å².